The standard InChI is InChI=1S/C13H16O2/c1-3-4-9-13(2)10-7-5-6-8-11(10)15-12(13)14/h5-8H,3-4,9H2,1-2H3. The molecule has 1 unspecified atom stereocenters. The summed E-state index contributed by atoms with van der Waals surface area (Å²) in [6.07, 6.45) is 3.03. The molecular formula is C13H16O2. The smallest absolute Gasteiger partial charge is 0.321 e. The summed E-state index contributed by atoms with van der Waals surface area (Å²) in [5, 5.41) is 0. The molecule has 0 amide bonds. The summed E-state index contributed by atoms with van der Waals surface area (Å²) < 4.78 is 5.28. The van der Waals surface area contributed by atoms with Crippen LogP contribution in [0.5, 0.6) is 5.75 Å². The second-order valence-corrected chi connectivity index (χ2v) is 4.32. The van der Waals surface area contributed by atoms with Gasteiger partial charge in [0.15, 0.2) is 0 Å². The molecule has 2 rings (SSSR count). The maximum atomic E-state index is 11.8. The Morgan fingerprint density at radius 1 is 1.33 bits per heavy atom. The number of para-hydroxylation sites is 1. The minimum atomic E-state index is -0.424. The van der Waals surface area contributed by atoms with Crippen molar-refractivity contribution in [2.75, 3.05) is 0 Å². The van der Waals surface area contributed by atoms with E-state index in [1.54, 1.807) is 0 Å². The van der Waals surface area contributed by atoms with Crippen LogP contribution < -0.4 is 4.74 Å². The minimum Gasteiger partial charge on any atom is -0.426 e. The fourth-order valence-electron chi connectivity index (χ4n) is 2.10. The van der Waals surface area contributed by atoms with Gasteiger partial charge < -0.3 is 4.74 Å². The van der Waals surface area contributed by atoms with Crippen LogP contribution in [-0.4, -0.2) is 5.97 Å². The largest absolute Gasteiger partial charge is 0.426 e. The molecule has 1 heterocycles. The first-order valence-corrected chi connectivity index (χ1v) is 5.50. The topological polar surface area (TPSA) is 26.3 Å². The zero-order valence-corrected chi connectivity index (χ0v) is 9.25. The zero-order chi connectivity index (χ0) is 10.9. The van der Waals surface area contributed by atoms with Gasteiger partial charge in [0.25, 0.3) is 0 Å². The highest BCUT2D eigenvalue weighted by Gasteiger charge is 2.44. The molecule has 0 N–H and O–H groups in total. The molecule has 0 fully saturated rings. The number of benzene rings is 1. The monoisotopic (exact) mass is 204 g/mol. The van der Waals surface area contributed by atoms with Crippen molar-refractivity contribution in [2.45, 2.75) is 38.5 Å². The number of esters is 1. The van der Waals surface area contributed by atoms with Crippen LogP contribution in [0.15, 0.2) is 24.3 Å². The second-order valence-electron chi connectivity index (χ2n) is 4.32. The fourth-order valence-corrected chi connectivity index (χ4v) is 2.10. The Bertz CT molecular complexity index is 384. The van der Waals surface area contributed by atoms with E-state index in [2.05, 4.69) is 6.92 Å². The van der Waals surface area contributed by atoms with Crippen molar-refractivity contribution in [1.29, 1.82) is 0 Å². The Morgan fingerprint density at radius 3 is 2.80 bits per heavy atom. The SMILES string of the molecule is CCCCC1(C)C(=O)Oc2ccccc21. The molecule has 0 bridgehead atoms. The normalized spacial score (nSPS) is 23.7. The van der Waals surface area contributed by atoms with Crippen molar-refractivity contribution in [3.05, 3.63) is 29.8 Å². The molecule has 0 spiro atoms. The van der Waals surface area contributed by atoms with Crippen LogP contribution in [0, 0.1) is 0 Å². The number of carbonyl (C=O) groups excluding carboxylic acids is 1. The Morgan fingerprint density at radius 2 is 2.07 bits per heavy atom. The van der Waals surface area contributed by atoms with E-state index in [1.165, 1.54) is 0 Å². The van der Waals surface area contributed by atoms with Gasteiger partial charge in [-0.15, -0.1) is 0 Å². The van der Waals surface area contributed by atoms with Crippen LogP contribution >= 0.6 is 0 Å². The molecule has 2 nitrogen and oxygen atoms in total. The summed E-state index contributed by atoms with van der Waals surface area (Å²) in [6, 6.07) is 7.73. The molecule has 15 heavy (non-hydrogen) atoms. The maximum absolute atomic E-state index is 11.8. The van der Waals surface area contributed by atoms with E-state index in [9.17, 15) is 4.79 Å². The summed E-state index contributed by atoms with van der Waals surface area (Å²) in [4.78, 5) is 11.8. The molecule has 80 valence electrons. The summed E-state index contributed by atoms with van der Waals surface area (Å²) in [5.41, 5.74) is 0.621. The highest BCUT2D eigenvalue weighted by molar-refractivity contribution is 5.90. The van der Waals surface area contributed by atoms with Crippen molar-refractivity contribution in [1.82, 2.24) is 0 Å². The van der Waals surface area contributed by atoms with Gasteiger partial charge in [-0.3, -0.25) is 4.79 Å². The van der Waals surface area contributed by atoms with Crippen LogP contribution in [0.2, 0.25) is 0 Å². The first-order chi connectivity index (χ1) is 7.18. The number of hydrogen-bond acceptors (Lipinski definition) is 2. The van der Waals surface area contributed by atoms with E-state index in [0.29, 0.717) is 0 Å². The van der Waals surface area contributed by atoms with Crippen molar-refractivity contribution in [2.24, 2.45) is 0 Å². The number of carbonyl (C=O) groups is 1. The summed E-state index contributed by atoms with van der Waals surface area (Å²) in [6.45, 7) is 4.12. The summed E-state index contributed by atoms with van der Waals surface area (Å²) >= 11 is 0. The van der Waals surface area contributed by atoms with Crippen molar-refractivity contribution in [3.63, 3.8) is 0 Å². The van der Waals surface area contributed by atoms with E-state index < -0.39 is 5.41 Å². The van der Waals surface area contributed by atoms with E-state index >= 15 is 0 Å². The number of hydrogen-bond donors (Lipinski definition) is 0. The van der Waals surface area contributed by atoms with Crippen LogP contribution in [0.3, 0.4) is 0 Å². The molecule has 0 aromatic heterocycles. The van der Waals surface area contributed by atoms with Crippen molar-refractivity contribution >= 4 is 5.97 Å². The van der Waals surface area contributed by atoms with Crippen molar-refractivity contribution < 1.29 is 9.53 Å². The molecule has 1 aliphatic rings. The van der Waals surface area contributed by atoms with Crippen molar-refractivity contribution in [3.8, 4) is 5.75 Å². The molecule has 1 aliphatic heterocycles. The van der Waals surface area contributed by atoms with Gasteiger partial charge in [-0.1, -0.05) is 38.0 Å². The number of rotatable bonds is 3. The lowest BCUT2D eigenvalue weighted by Gasteiger charge is -2.19. The number of fused-ring (bicyclic) bond motifs is 1. The third kappa shape index (κ3) is 1.54. The lowest BCUT2D eigenvalue weighted by molar-refractivity contribution is -0.138. The first-order valence-electron chi connectivity index (χ1n) is 5.50. The van der Waals surface area contributed by atoms with Gasteiger partial charge in [0.05, 0.1) is 5.41 Å². The maximum Gasteiger partial charge on any atom is 0.321 e. The molecule has 2 heteroatoms. The van der Waals surface area contributed by atoms with E-state index in [4.69, 9.17) is 4.74 Å². The average Bonchev–Trinajstić information content (AvgIpc) is 2.50. The molecule has 1 atom stereocenters. The van der Waals surface area contributed by atoms with Gasteiger partial charge in [0.1, 0.15) is 5.75 Å². The number of ether oxygens (including phenoxy) is 1. The van der Waals surface area contributed by atoms with Crippen LogP contribution in [0.1, 0.15) is 38.7 Å². The Balaban J connectivity index is 2.36. The Hall–Kier alpha value is -1.31. The Labute approximate surface area is 90.3 Å². The van der Waals surface area contributed by atoms with E-state index in [0.717, 1.165) is 30.6 Å². The first kappa shape index (κ1) is 10.2. The highest BCUT2D eigenvalue weighted by Crippen LogP contribution is 2.42. The summed E-state index contributed by atoms with van der Waals surface area (Å²) in [7, 11) is 0. The molecule has 1 aromatic rings. The predicted octanol–water partition coefficient (Wildman–Crippen LogP) is 3.05. The highest BCUT2D eigenvalue weighted by atomic mass is 16.5. The van der Waals surface area contributed by atoms with Gasteiger partial charge in [0, 0.05) is 5.56 Å². The van der Waals surface area contributed by atoms with Gasteiger partial charge in [-0.25, -0.2) is 0 Å². The van der Waals surface area contributed by atoms with Crippen LogP contribution in [0.25, 0.3) is 0 Å². The third-order valence-corrected chi connectivity index (χ3v) is 3.17. The van der Waals surface area contributed by atoms with Crippen LogP contribution in [0.4, 0.5) is 0 Å². The average molecular weight is 204 g/mol. The van der Waals surface area contributed by atoms with Gasteiger partial charge in [0.2, 0.25) is 0 Å². The molecule has 0 saturated carbocycles. The molecule has 1 aromatic carbocycles. The predicted molar refractivity (Wildman–Crippen MR) is 59.0 cm³/mol. The lowest BCUT2D eigenvalue weighted by atomic mass is 9.79. The van der Waals surface area contributed by atoms with Crippen LogP contribution in [-0.2, 0) is 10.2 Å². The third-order valence-electron chi connectivity index (χ3n) is 3.17. The molecular weight excluding hydrogens is 188 g/mol. The van der Waals surface area contributed by atoms with Gasteiger partial charge >= 0.3 is 5.97 Å². The van der Waals surface area contributed by atoms with E-state index in [1.807, 2.05) is 31.2 Å². The summed E-state index contributed by atoms with van der Waals surface area (Å²) in [5.74, 6) is 0.637. The second kappa shape index (κ2) is 3.69. The van der Waals surface area contributed by atoms with Gasteiger partial charge in [-0.05, 0) is 19.4 Å². The lowest BCUT2D eigenvalue weighted by Crippen LogP contribution is -2.30. The molecule has 0 aliphatic carbocycles. The minimum absolute atomic E-state index is 0.0999. The van der Waals surface area contributed by atoms with E-state index in [-0.39, 0.29) is 5.97 Å². The molecule has 0 radical (unpaired) electrons. The quantitative estimate of drug-likeness (QED) is 0.558. The zero-order valence-electron chi connectivity index (χ0n) is 9.25. The van der Waals surface area contributed by atoms with Gasteiger partial charge in [-0.2, -0.15) is 0 Å². The molecule has 0 saturated heterocycles. The fraction of sp³-hybridized carbons (Fsp3) is 0.462. The Kier molecular flexibility index (Phi) is 2.51. The number of unbranched alkanes of at least 4 members (excludes halogenated alkanes) is 1.